The van der Waals surface area contributed by atoms with E-state index >= 15 is 0 Å². The summed E-state index contributed by atoms with van der Waals surface area (Å²) in [5, 5.41) is 2.04. The molecule has 2 N–H and O–H groups in total. The number of halogens is 1. The molecule has 0 aromatic carbocycles. The van der Waals surface area contributed by atoms with Crippen molar-refractivity contribution in [3.63, 3.8) is 0 Å². The second-order valence-electron chi connectivity index (χ2n) is 3.67. The minimum absolute atomic E-state index is 0.137. The van der Waals surface area contributed by atoms with E-state index in [2.05, 4.69) is 32.0 Å². The fourth-order valence-electron chi connectivity index (χ4n) is 1.37. The predicted molar refractivity (Wildman–Crippen MR) is 70.4 cm³/mol. The van der Waals surface area contributed by atoms with Crippen LogP contribution in [0.1, 0.15) is 24.5 Å². The predicted octanol–water partition coefficient (Wildman–Crippen LogP) is 3.30. The van der Waals surface area contributed by atoms with E-state index in [9.17, 15) is 0 Å². The van der Waals surface area contributed by atoms with Crippen molar-refractivity contribution in [2.45, 2.75) is 19.9 Å². The van der Waals surface area contributed by atoms with Gasteiger partial charge in [0.2, 0.25) is 0 Å². The molecule has 84 valence electrons. The minimum Gasteiger partial charge on any atom is -0.322 e. The van der Waals surface area contributed by atoms with Gasteiger partial charge >= 0.3 is 0 Å². The SMILES string of the molecule is Cc1cc(-c2cc(Br)cs2)nc(C(C)N)n1. The fourth-order valence-corrected chi connectivity index (χ4v) is 2.76. The molecular formula is C11H12BrN3S. The van der Waals surface area contributed by atoms with Crippen LogP contribution in [0.4, 0.5) is 0 Å². The first-order valence-electron chi connectivity index (χ1n) is 4.92. The molecule has 0 aliphatic carbocycles. The third-order valence-corrected chi connectivity index (χ3v) is 3.81. The van der Waals surface area contributed by atoms with E-state index in [1.807, 2.05) is 25.3 Å². The molecule has 2 heterocycles. The highest BCUT2D eigenvalue weighted by Crippen LogP contribution is 2.29. The van der Waals surface area contributed by atoms with Gasteiger partial charge in [-0.2, -0.15) is 0 Å². The van der Waals surface area contributed by atoms with Crippen molar-refractivity contribution in [3.05, 3.63) is 33.5 Å². The normalized spacial score (nSPS) is 12.8. The average Bonchev–Trinajstić information content (AvgIpc) is 2.64. The molecule has 0 saturated carbocycles. The molecule has 0 aliphatic heterocycles. The lowest BCUT2D eigenvalue weighted by Gasteiger charge is -2.06. The number of aromatic nitrogens is 2. The van der Waals surface area contributed by atoms with Crippen molar-refractivity contribution < 1.29 is 0 Å². The van der Waals surface area contributed by atoms with E-state index < -0.39 is 0 Å². The molecule has 0 amide bonds. The van der Waals surface area contributed by atoms with Crippen molar-refractivity contribution in [1.29, 1.82) is 0 Å². The Bertz CT molecular complexity index is 508. The largest absolute Gasteiger partial charge is 0.322 e. The van der Waals surface area contributed by atoms with Crippen molar-refractivity contribution >= 4 is 27.3 Å². The van der Waals surface area contributed by atoms with Crippen molar-refractivity contribution in [2.24, 2.45) is 5.73 Å². The highest BCUT2D eigenvalue weighted by molar-refractivity contribution is 9.10. The zero-order valence-corrected chi connectivity index (χ0v) is 11.5. The highest BCUT2D eigenvalue weighted by Gasteiger charge is 2.09. The topological polar surface area (TPSA) is 51.8 Å². The first-order valence-corrected chi connectivity index (χ1v) is 6.59. The number of hydrogen-bond donors (Lipinski definition) is 1. The van der Waals surface area contributed by atoms with E-state index in [0.717, 1.165) is 20.7 Å². The van der Waals surface area contributed by atoms with Gasteiger partial charge in [0.25, 0.3) is 0 Å². The number of aryl methyl sites for hydroxylation is 1. The lowest BCUT2D eigenvalue weighted by Crippen LogP contribution is -2.11. The second-order valence-corrected chi connectivity index (χ2v) is 5.50. The van der Waals surface area contributed by atoms with E-state index in [4.69, 9.17) is 5.73 Å². The first kappa shape index (κ1) is 11.7. The molecule has 0 saturated heterocycles. The van der Waals surface area contributed by atoms with E-state index in [1.54, 1.807) is 11.3 Å². The van der Waals surface area contributed by atoms with Gasteiger partial charge in [-0.15, -0.1) is 11.3 Å². The molecule has 0 fully saturated rings. The number of nitrogens with two attached hydrogens (primary N) is 1. The molecule has 0 radical (unpaired) electrons. The monoisotopic (exact) mass is 297 g/mol. The summed E-state index contributed by atoms with van der Waals surface area (Å²) in [6.45, 7) is 3.85. The van der Waals surface area contributed by atoms with Crippen LogP contribution in [-0.2, 0) is 0 Å². The molecule has 0 bridgehead atoms. The Hall–Kier alpha value is -0.780. The van der Waals surface area contributed by atoms with Gasteiger partial charge < -0.3 is 5.73 Å². The van der Waals surface area contributed by atoms with Gasteiger partial charge in [-0.25, -0.2) is 9.97 Å². The van der Waals surface area contributed by atoms with Crippen LogP contribution in [0.2, 0.25) is 0 Å². The van der Waals surface area contributed by atoms with Gasteiger partial charge in [0.15, 0.2) is 0 Å². The minimum atomic E-state index is -0.137. The Morgan fingerprint density at radius 3 is 2.69 bits per heavy atom. The molecule has 0 spiro atoms. The van der Waals surface area contributed by atoms with Crippen LogP contribution in [0.25, 0.3) is 10.6 Å². The maximum Gasteiger partial charge on any atom is 0.145 e. The summed E-state index contributed by atoms with van der Waals surface area (Å²) >= 11 is 5.09. The first-order chi connectivity index (χ1) is 7.56. The number of rotatable bonds is 2. The van der Waals surface area contributed by atoms with E-state index in [-0.39, 0.29) is 6.04 Å². The zero-order valence-electron chi connectivity index (χ0n) is 9.07. The fraction of sp³-hybridized carbons (Fsp3) is 0.273. The molecule has 3 nitrogen and oxygen atoms in total. The third-order valence-electron chi connectivity index (χ3n) is 2.10. The van der Waals surface area contributed by atoms with Crippen molar-refractivity contribution in [3.8, 4) is 10.6 Å². The van der Waals surface area contributed by atoms with Crippen LogP contribution in [0.3, 0.4) is 0 Å². The summed E-state index contributed by atoms with van der Waals surface area (Å²) < 4.78 is 1.08. The summed E-state index contributed by atoms with van der Waals surface area (Å²) in [5.41, 5.74) is 7.69. The number of hydrogen-bond acceptors (Lipinski definition) is 4. The van der Waals surface area contributed by atoms with Crippen molar-refractivity contribution in [2.75, 3.05) is 0 Å². The Kier molecular flexibility index (Phi) is 3.37. The smallest absolute Gasteiger partial charge is 0.145 e. The second kappa shape index (κ2) is 4.61. The van der Waals surface area contributed by atoms with Crippen LogP contribution in [0, 0.1) is 6.92 Å². The lowest BCUT2D eigenvalue weighted by molar-refractivity contribution is 0.735. The van der Waals surface area contributed by atoms with Gasteiger partial charge in [0, 0.05) is 15.5 Å². The van der Waals surface area contributed by atoms with Crippen LogP contribution in [-0.4, -0.2) is 9.97 Å². The van der Waals surface area contributed by atoms with Gasteiger partial charge in [0.05, 0.1) is 16.6 Å². The lowest BCUT2D eigenvalue weighted by atomic mass is 10.2. The summed E-state index contributed by atoms with van der Waals surface area (Å²) in [4.78, 5) is 9.92. The maximum atomic E-state index is 5.80. The standard InChI is InChI=1S/C11H12BrN3S/c1-6-3-9(10-4-8(12)5-16-10)15-11(14-6)7(2)13/h3-5,7H,13H2,1-2H3. The third kappa shape index (κ3) is 2.48. The Morgan fingerprint density at radius 1 is 1.38 bits per heavy atom. The molecule has 16 heavy (non-hydrogen) atoms. The number of thiophene rings is 1. The Morgan fingerprint density at radius 2 is 2.12 bits per heavy atom. The molecule has 2 aromatic rings. The van der Waals surface area contributed by atoms with E-state index in [0.29, 0.717) is 5.82 Å². The Labute approximate surface area is 107 Å². The molecule has 0 aliphatic rings. The van der Waals surface area contributed by atoms with Crippen LogP contribution in [0.5, 0.6) is 0 Å². The van der Waals surface area contributed by atoms with Crippen LogP contribution < -0.4 is 5.73 Å². The molecule has 1 unspecified atom stereocenters. The van der Waals surface area contributed by atoms with Crippen LogP contribution in [0.15, 0.2) is 22.0 Å². The van der Waals surface area contributed by atoms with Crippen LogP contribution >= 0.6 is 27.3 Å². The Balaban J connectivity index is 2.49. The molecule has 1 atom stereocenters. The van der Waals surface area contributed by atoms with Gasteiger partial charge in [-0.3, -0.25) is 0 Å². The molecular weight excluding hydrogens is 286 g/mol. The molecule has 5 heteroatoms. The highest BCUT2D eigenvalue weighted by atomic mass is 79.9. The van der Waals surface area contributed by atoms with Crippen molar-refractivity contribution in [1.82, 2.24) is 9.97 Å². The summed E-state index contributed by atoms with van der Waals surface area (Å²) in [6, 6.07) is 3.89. The van der Waals surface area contributed by atoms with E-state index in [1.165, 1.54) is 0 Å². The zero-order chi connectivity index (χ0) is 11.7. The average molecular weight is 298 g/mol. The molecule has 2 aromatic heterocycles. The quantitative estimate of drug-likeness (QED) is 0.925. The molecule has 2 rings (SSSR count). The van der Waals surface area contributed by atoms with Gasteiger partial charge in [-0.05, 0) is 41.9 Å². The number of nitrogens with zero attached hydrogens (tertiary/aromatic N) is 2. The maximum absolute atomic E-state index is 5.80. The summed E-state index contributed by atoms with van der Waals surface area (Å²) in [5.74, 6) is 0.694. The van der Waals surface area contributed by atoms with Gasteiger partial charge in [-0.1, -0.05) is 0 Å². The summed E-state index contributed by atoms with van der Waals surface area (Å²) in [7, 11) is 0. The summed E-state index contributed by atoms with van der Waals surface area (Å²) in [6.07, 6.45) is 0. The van der Waals surface area contributed by atoms with Gasteiger partial charge in [0.1, 0.15) is 5.82 Å².